The van der Waals surface area contributed by atoms with Crippen molar-refractivity contribution in [1.29, 1.82) is 0 Å². The van der Waals surface area contributed by atoms with Gasteiger partial charge in [-0.05, 0) is 12.1 Å². The Morgan fingerprint density at radius 1 is 1.54 bits per heavy atom. The number of aromatic nitrogens is 1. The van der Waals surface area contributed by atoms with Gasteiger partial charge < -0.3 is 5.73 Å². The van der Waals surface area contributed by atoms with Crippen LogP contribution in [0.15, 0.2) is 24.4 Å². The minimum atomic E-state index is -3.57. The summed E-state index contributed by atoms with van der Waals surface area (Å²) in [5.74, 6) is -4.90. The highest BCUT2D eigenvalue weighted by molar-refractivity contribution is 5.87. The molecule has 0 aliphatic rings. The number of pyridine rings is 1. The predicted molar refractivity (Wildman–Crippen MR) is 42.2 cm³/mol. The average molecular weight is 186 g/mol. The maximum atomic E-state index is 13.1. The smallest absolute Gasteiger partial charge is 0.324 e. The van der Waals surface area contributed by atoms with Crippen LogP contribution in [0.3, 0.4) is 0 Å². The Kier molecular flexibility index (Phi) is 2.67. The molecular formula is C8H8F2N2O. The number of ketones is 1. The van der Waals surface area contributed by atoms with E-state index in [4.69, 9.17) is 5.73 Å². The zero-order chi connectivity index (χ0) is 9.90. The molecule has 70 valence electrons. The summed E-state index contributed by atoms with van der Waals surface area (Å²) in [7, 11) is 0. The molecule has 3 nitrogen and oxygen atoms in total. The van der Waals surface area contributed by atoms with Crippen LogP contribution in [0.2, 0.25) is 0 Å². The summed E-state index contributed by atoms with van der Waals surface area (Å²) in [6.45, 7) is -0.691. The van der Waals surface area contributed by atoms with Crippen molar-refractivity contribution in [2.45, 2.75) is 5.92 Å². The van der Waals surface area contributed by atoms with Crippen LogP contribution < -0.4 is 5.73 Å². The van der Waals surface area contributed by atoms with E-state index in [0.29, 0.717) is 0 Å². The van der Waals surface area contributed by atoms with Crippen molar-refractivity contribution in [2.75, 3.05) is 6.54 Å². The summed E-state index contributed by atoms with van der Waals surface area (Å²) in [6.07, 6.45) is 1.20. The molecular weight excluding hydrogens is 178 g/mol. The molecule has 1 aromatic rings. The summed E-state index contributed by atoms with van der Waals surface area (Å²) in [6, 6.07) is 3.97. The first kappa shape index (κ1) is 9.73. The van der Waals surface area contributed by atoms with E-state index in [-0.39, 0.29) is 0 Å². The molecule has 0 bridgehead atoms. The second kappa shape index (κ2) is 3.57. The molecule has 0 aliphatic carbocycles. The highest BCUT2D eigenvalue weighted by Crippen LogP contribution is 2.26. The van der Waals surface area contributed by atoms with Crippen molar-refractivity contribution >= 4 is 5.78 Å². The number of alkyl halides is 2. The third-order valence-corrected chi connectivity index (χ3v) is 1.52. The maximum absolute atomic E-state index is 13.1. The lowest BCUT2D eigenvalue weighted by Crippen LogP contribution is -2.32. The van der Waals surface area contributed by atoms with E-state index in [9.17, 15) is 13.6 Å². The quantitative estimate of drug-likeness (QED) is 0.756. The predicted octanol–water partition coefficient (Wildman–Crippen LogP) is 0.701. The molecule has 0 atom stereocenters. The fourth-order valence-corrected chi connectivity index (χ4v) is 0.820. The standard InChI is InChI=1S/C8H8F2N2O/c9-8(10,7(13)5-11)6-3-1-2-4-12-6/h1-4H,5,11H2. The van der Waals surface area contributed by atoms with E-state index in [2.05, 4.69) is 4.98 Å². The number of nitrogens with two attached hydrogens (primary N) is 1. The SMILES string of the molecule is NCC(=O)C(F)(F)c1ccccn1. The number of hydrogen-bond donors (Lipinski definition) is 1. The van der Waals surface area contributed by atoms with Crippen molar-refractivity contribution in [3.8, 4) is 0 Å². The molecule has 1 heterocycles. The Morgan fingerprint density at radius 3 is 2.69 bits per heavy atom. The van der Waals surface area contributed by atoms with Gasteiger partial charge in [-0.1, -0.05) is 6.07 Å². The number of nitrogens with zero attached hydrogens (tertiary/aromatic N) is 1. The zero-order valence-electron chi connectivity index (χ0n) is 6.71. The molecule has 0 aliphatic heterocycles. The molecule has 0 spiro atoms. The van der Waals surface area contributed by atoms with Crippen molar-refractivity contribution in [1.82, 2.24) is 4.98 Å². The second-order valence-corrected chi connectivity index (χ2v) is 2.42. The maximum Gasteiger partial charge on any atom is 0.348 e. The first-order chi connectivity index (χ1) is 6.09. The monoisotopic (exact) mass is 186 g/mol. The molecule has 0 amide bonds. The van der Waals surface area contributed by atoms with Gasteiger partial charge in [0.2, 0.25) is 5.78 Å². The van der Waals surface area contributed by atoms with Crippen LogP contribution in [-0.4, -0.2) is 17.3 Å². The van der Waals surface area contributed by atoms with Crippen LogP contribution in [0.1, 0.15) is 5.69 Å². The summed E-state index contributed by atoms with van der Waals surface area (Å²) >= 11 is 0. The van der Waals surface area contributed by atoms with Crippen molar-refractivity contribution in [3.63, 3.8) is 0 Å². The molecule has 0 fully saturated rings. The number of halogens is 2. The zero-order valence-corrected chi connectivity index (χ0v) is 6.71. The van der Waals surface area contributed by atoms with Crippen LogP contribution in [0.4, 0.5) is 8.78 Å². The summed E-state index contributed by atoms with van der Waals surface area (Å²) in [5, 5.41) is 0. The van der Waals surface area contributed by atoms with E-state index in [0.717, 1.165) is 6.07 Å². The van der Waals surface area contributed by atoms with Gasteiger partial charge in [0, 0.05) is 6.20 Å². The second-order valence-electron chi connectivity index (χ2n) is 2.42. The van der Waals surface area contributed by atoms with E-state index >= 15 is 0 Å². The van der Waals surface area contributed by atoms with E-state index in [1.807, 2.05) is 0 Å². The number of hydrogen-bond acceptors (Lipinski definition) is 3. The lowest BCUT2D eigenvalue weighted by Gasteiger charge is -2.12. The lowest BCUT2D eigenvalue weighted by atomic mass is 10.1. The first-order valence-corrected chi connectivity index (χ1v) is 3.61. The van der Waals surface area contributed by atoms with E-state index < -0.39 is 23.9 Å². The van der Waals surface area contributed by atoms with Gasteiger partial charge in [-0.3, -0.25) is 9.78 Å². The largest absolute Gasteiger partial charge is 0.348 e. The Bertz CT molecular complexity index is 300. The van der Waals surface area contributed by atoms with Gasteiger partial charge in [0.15, 0.2) is 0 Å². The van der Waals surface area contributed by atoms with Gasteiger partial charge in [0.25, 0.3) is 0 Å². The van der Waals surface area contributed by atoms with Crippen molar-refractivity contribution in [3.05, 3.63) is 30.1 Å². The Balaban J connectivity index is 3.00. The molecule has 2 N–H and O–H groups in total. The van der Waals surface area contributed by atoms with Gasteiger partial charge in [0.1, 0.15) is 5.69 Å². The van der Waals surface area contributed by atoms with Gasteiger partial charge in [-0.2, -0.15) is 8.78 Å². The van der Waals surface area contributed by atoms with Gasteiger partial charge in [0.05, 0.1) is 6.54 Å². The Hall–Kier alpha value is -1.36. The Morgan fingerprint density at radius 2 is 2.23 bits per heavy atom. The average Bonchev–Trinajstić information content (AvgIpc) is 2.18. The molecule has 0 saturated carbocycles. The molecule has 13 heavy (non-hydrogen) atoms. The number of carbonyl (C=O) groups is 1. The number of rotatable bonds is 3. The lowest BCUT2D eigenvalue weighted by molar-refractivity contribution is -0.143. The summed E-state index contributed by atoms with van der Waals surface area (Å²) in [5.41, 5.74) is 4.27. The van der Waals surface area contributed by atoms with Crippen LogP contribution in [-0.2, 0) is 10.7 Å². The fraction of sp³-hybridized carbons (Fsp3) is 0.250. The van der Waals surface area contributed by atoms with Gasteiger partial charge in [-0.25, -0.2) is 0 Å². The molecule has 0 aromatic carbocycles. The highest BCUT2D eigenvalue weighted by atomic mass is 19.3. The van der Waals surface area contributed by atoms with E-state index in [1.165, 1.54) is 18.3 Å². The third kappa shape index (κ3) is 1.86. The molecule has 0 unspecified atom stereocenters. The third-order valence-electron chi connectivity index (χ3n) is 1.52. The van der Waals surface area contributed by atoms with Crippen molar-refractivity contribution < 1.29 is 13.6 Å². The van der Waals surface area contributed by atoms with Crippen LogP contribution in [0.5, 0.6) is 0 Å². The van der Waals surface area contributed by atoms with Crippen molar-refractivity contribution in [2.24, 2.45) is 5.73 Å². The first-order valence-electron chi connectivity index (χ1n) is 3.61. The molecule has 5 heteroatoms. The van der Waals surface area contributed by atoms with Crippen LogP contribution in [0.25, 0.3) is 0 Å². The topological polar surface area (TPSA) is 56.0 Å². The molecule has 1 rings (SSSR count). The normalized spacial score (nSPS) is 11.3. The minimum absolute atomic E-state index is 0.564. The number of Topliss-reactive ketones (excluding diaryl/α,β-unsaturated/α-hetero) is 1. The summed E-state index contributed by atoms with van der Waals surface area (Å²) in [4.78, 5) is 14.1. The molecule has 0 saturated heterocycles. The van der Waals surface area contributed by atoms with Crippen LogP contribution in [0, 0.1) is 0 Å². The minimum Gasteiger partial charge on any atom is -0.324 e. The summed E-state index contributed by atoms with van der Waals surface area (Å²) < 4.78 is 26.1. The molecule has 0 radical (unpaired) electrons. The fourth-order valence-electron chi connectivity index (χ4n) is 0.820. The van der Waals surface area contributed by atoms with E-state index in [1.54, 1.807) is 0 Å². The Labute approximate surface area is 73.6 Å². The molecule has 1 aromatic heterocycles. The van der Waals surface area contributed by atoms with Gasteiger partial charge in [-0.15, -0.1) is 0 Å². The van der Waals surface area contributed by atoms with Gasteiger partial charge >= 0.3 is 5.92 Å². The van der Waals surface area contributed by atoms with Crippen LogP contribution >= 0.6 is 0 Å². The number of carbonyl (C=O) groups excluding carboxylic acids is 1. The highest BCUT2D eigenvalue weighted by Gasteiger charge is 2.40.